The SMILES string of the molecule is Cn1c2c(c3ccccc31)C(c1ccccc1Br)C1C(=C(c3ccccc3)c3ccccc3)C=CC21. The Morgan fingerprint density at radius 3 is 2.03 bits per heavy atom. The fourth-order valence-corrected chi connectivity index (χ4v) is 7.20. The van der Waals surface area contributed by atoms with Crippen LogP contribution in [0.4, 0.5) is 0 Å². The molecule has 174 valence electrons. The second-order valence-corrected chi connectivity index (χ2v) is 10.7. The highest BCUT2D eigenvalue weighted by molar-refractivity contribution is 9.10. The second-order valence-electron chi connectivity index (χ2n) is 9.85. The first-order valence-electron chi connectivity index (χ1n) is 12.6. The fourth-order valence-electron chi connectivity index (χ4n) is 6.67. The van der Waals surface area contributed by atoms with Crippen LogP contribution in [-0.2, 0) is 7.05 Å². The molecule has 7 rings (SSSR count). The van der Waals surface area contributed by atoms with Crippen molar-refractivity contribution in [3.63, 3.8) is 0 Å². The highest BCUT2D eigenvalue weighted by Crippen LogP contribution is 2.60. The molecule has 1 nitrogen and oxygen atoms in total. The van der Waals surface area contributed by atoms with Gasteiger partial charge in [0, 0.05) is 45.9 Å². The van der Waals surface area contributed by atoms with E-state index in [0.29, 0.717) is 11.8 Å². The van der Waals surface area contributed by atoms with E-state index in [2.05, 4.69) is 149 Å². The number of benzene rings is 4. The van der Waals surface area contributed by atoms with Gasteiger partial charge in [-0.25, -0.2) is 0 Å². The van der Waals surface area contributed by atoms with Gasteiger partial charge in [-0.1, -0.05) is 125 Å². The molecule has 0 fully saturated rings. The zero-order valence-electron chi connectivity index (χ0n) is 20.1. The average molecular weight is 528 g/mol. The molecule has 0 bridgehead atoms. The van der Waals surface area contributed by atoms with Crippen LogP contribution in [0.15, 0.2) is 131 Å². The van der Waals surface area contributed by atoms with E-state index >= 15 is 0 Å². The van der Waals surface area contributed by atoms with Crippen LogP contribution >= 0.6 is 15.9 Å². The number of halogens is 1. The summed E-state index contributed by atoms with van der Waals surface area (Å²) in [7, 11) is 2.24. The number of aromatic nitrogens is 1. The summed E-state index contributed by atoms with van der Waals surface area (Å²) in [5.41, 5.74) is 10.9. The molecule has 0 amide bonds. The van der Waals surface area contributed by atoms with Gasteiger partial charge < -0.3 is 4.57 Å². The van der Waals surface area contributed by atoms with E-state index in [1.807, 2.05) is 0 Å². The molecule has 2 aliphatic rings. The summed E-state index contributed by atoms with van der Waals surface area (Å²) in [5, 5.41) is 1.37. The van der Waals surface area contributed by atoms with Gasteiger partial charge in [-0.2, -0.15) is 0 Å². The normalized spacial score (nSPS) is 20.1. The van der Waals surface area contributed by atoms with Crippen molar-refractivity contribution in [3.8, 4) is 0 Å². The standard InChI is InChI=1S/C34H26BrN/c1-36-29-19-11-9-17-25(29)33-32(24-16-8-10-18-28(24)35)31-26(20-21-27(31)34(33)36)30(22-12-4-2-5-13-22)23-14-6-3-7-15-23/h2-21,27,31-32H,1H3. The molecule has 1 aromatic heterocycles. The summed E-state index contributed by atoms with van der Waals surface area (Å²) >= 11 is 3.93. The van der Waals surface area contributed by atoms with Crippen LogP contribution in [0.5, 0.6) is 0 Å². The van der Waals surface area contributed by atoms with Crippen molar-refractivity contribution in [1.29, 1.82) is 0 Å². The Hall–Kier alpha value is -3.62. The summed E-state index contributed by atoms with van der Waals surface area (Å²) in [5.74, 6) is 0.936. The van der Waals surface area contributed by atoms with Crippen molar-refractivity contribution in [2.45, 2.75) is 11.8 Å². The molecular weight excluding hydrogens is 502 g/mol. The number of allylic oxidation sites excluding steroid dienone is 3. The largest absolute Gasteiger partial charge is 0.347 e. The van der Waals surface area contributed by atoms with E-state index in [9.17, 15) is 0 Å². The van der Waals surface area contributed by atoms with Gasteiger partial charge in [0.2, 0.25) is 0 Å². The second kappa shape index (κ2) is 8.50. The van der Waals surface area contributed by atoms with Gasteiger partial charge >= 0.3 is 0 Å². The average Bonchev–Trinajstić information content (AvgIpc) is 3.57. The Labute approximate surface area is 220 Å². The Kier molecular flexibility index (Phi) is 5.11. The quantitative estimate of drug-likeness (QED) is 0.220. The van der Waals surface area contributed by atoms with Gasteiger partial charge in [-0.15, -0.1) is 0 Å². The number of para-hydroxylation sites is 1. The van der Waals surface area contributed by atoms with Gasteiger partial charge in [0.1, 0.15) is 0 Å². The lowest BCUT2D eigenvalue weighted by Gasteiger charge is -2.26. The highest BCUT2D eigenvalue weighted by atomic mass is 79.9. The fraction of sp³-hybridized carbons (Fsp3) is 0.118. The minimum absolute atomic E-state index is 0.263. The van der Waals surface area contributed by atoms with Gasteiger partial charge in [0.15, 0.2) is 0 Å². The molecule has 0 N–H and O–H groups in total. The highest BCUT2D eigenvalue weighted by Gasteiger charge is 2.48. The van der Waals surface area contributed by atoms with Crippen LogP contribution in [-0.4, -0.2) is 4.57 Å². The van der Waals surface area contributed by atoms with Gasteiger partial charge in [0.05, 0.1) is 0 Å². The van der Waals surface area contributed by atoms with Crippen molar-refractivity contribution in [3.05, 3.63) is 159 Å². The number of hydrogen-bond acceptors (Lipinski definition) is 0. The number of nitrogens with zero attached hydrogens (tertiary/aromatic N) is 1. The van der Waals surface area contributed by atoms with Gasteiger partial charge in [-0.05, 0) is 45.5 Å². The minimum Gasteiger partial charge on any atom is -0.347 e. The molecular formula is C34H26BrN. The van der Waals surface area contributed by atoms with E-state index in [-0.39, 0.29) is 5.92 Å². The van der Waals surface area contributed by atoms with E-state index in [0.717, 1.165) is 0 Å². The maximum atomic E-state index is 3.93. The lowest BCUT2D eigenvalue weighted by Crippen LogP contribution is -2.14. The number of rotatable bonds is 3. The number of aryl methyl sites for hydroxylation is 1. The van der Waals surface area contributed by atoms with Crippen LogP contribution in [0.25, 0.3) is 16.5 Å². The van der Waals surface area contributed by atoms with Crippen molar-refractivity contribution in [1.82, 2.24) is 4.57 Å². The lowest BCUT2D eigenvalue weighted by molar-refractivity contribution is 0.560. The Morgan fingerprint density at radius 1 is 0.722 bits per heavy atom. The maximum absolute atomic E-state index is 3.93. The molecule has 3 unspecified atom stereocenters. The molecule has 2 aliphatic carbocycles. The van der Waals surface area contributed by atoms with E-state index in [1.54, 1.807) is 0 Å². The summed E-state index contributed by atoms with van der Waals surface area (Å²) in [6.07, 6.45) is 4.87. The third-order valence-electron chi connectivity index (χ3n) is 8.06. The van der Waals surface area contributed by atoms with E-state index in [1.165, 1.54) is 54.5 Å². The van der Waals surface area contributed by atoms with Crippen LogP contribution in [0, 0.1) is 5.92 Å². The Morgan fingerprint density at radius 2 is 1.33 bits per heavy atom. The summed E-state index contributed by atoms with van der Waals surface area (Å²) in [6, 6.07) is 39.5. The minimum atomic E-state index is 0.263. The van der Waals surface area contributed by atoms with Crippen molar-refractivity contribution in [2.75, 3.05) is 0 Å². The van der Waals surface area contributed by atoms with Crippen molar-refractivity contribution >= 4 is 32.4 Å². The molecule has 0 aliphatic heterocycles. The zero-order valence-corrected chi connectivity index (χ0v) is 21.7. The number of fused-ring (bicyclic) bond motifs is 5. The molecule has 0 saturated heterocycles. The summed E-state index contributed by atoms with van der Waals surface area (Å²) in [6.45, 7) is 0. The lowest BCUT2D eigenvalue weighted by atomic mass is 9.77. The van der Waals surface area contributed by atoms with Crippen LogP contribution in [0.3, 0.4) is 0 Å². The zero-order chi connectivity index (χ0) is 24.2. The third kappa shape index (κ3) is 3.14. The first kappa shape index (κ1) is 21.6. The Balaban J connectivity index is 1.55. The topological polar surface area (TPSA) is 4.93 Å². The third-order valence-corrected chi connectivity index (χ3v) is 8.78. The molecule has 0 radical (unpaired) electrons. The van der Waals surface area contributed by atoms with Gasteiger partial charge in [0.25, 0.3) is 0 Å². The van der Waals surface area contributed by atoms with Crippen LogP contribution in [0.1, 0.15) is 39.8 Å². The van der Waals surface area contributed by atoms with Gasteiger partial charge in [-0.3, -0.25) is 0 Å². The summed E-state index contributed by atoms with van der Waals surface area (Å²) < 4.78 is 3.62. The summed E-state index contributed by atoms with van der Waals surface area (Å²) in [4.78, 5) is 0. The smallest absolute Gasteiger partial charge is 0.0483 e. The molecule has 3 atom stereocenters. The molecule has 36 heavy (non-hydrogen) atoms. The van der Waals surface area contributed by atoms with E-state index < -0.39 is 0 Å². The van der Waals surface area contributed by atoms with Crippen molar-refractivity contribution < 1.29 is 0 Å². The first-order chi connectivity index (χ1) is 17.7. The number of hydrogen-bond donors (Lipinski definition) is 0. The van der Waals surface area contributed by atoms with Crippen molar-refractivity contribution in [2.24, 2.45) is 13.0 Å². The monoisotopic (exact) mass is 527 g/mol. The predicted molar refractivity (Wildman–Crippen MR) is 153 cm³/mol. The molecule has 5 aromatic rings. The first-order valence-corrected chi connectivity index (χ1v) is 13.4. The maximum Gasteiger partial charge on any atom is 0.0483 e. The van der Waals surface area contributed by atoms with Crippen LogP contribution < -0.4 is 0 Å². The molecule has 0 spiro atoms. The molecule has 4 aromatic carbocycles. The van der Waals surface area contributed by atoms with E-state index in [4.69, 9.17) is 0 Å². The Bertz CT molecular complexity index is 1610. The molecule has 2 heteroatoms. The molecule has 1 heterocycles. The van der Waals surface area contributed by atoms with Crippen LogP contribution in [0.2, 0.25) is 0 Å². The molecule has 0 saturated carbocycles. The predicted octanol–water partition coefficient (Wildman–Crippen LogP) is 8.86.